The van der Waals surface area contributed by atoms with Crippen LogP contribution < -0.4 is 5.32 Å². The fraction of sp³-hybridized carbons (Fsp3) is 0.200. The van der Waals surface area contributed by atoms with Crippen molar-refractivity contribution in [3.05, 3.63) is 58.0 Å². The van der Waals surface area contributed by atoms with E-state index >= 15 is 0 Å². The number of carbonyl (C=O) groups is 2. The van der Waals surface area contributed by atoms with E-state index in [1.807, 2.05) is 0 Å². The lowest BCUT2D eigenvalue weighted by Crippen LogP contribution is -2.28. The maximum Gasteiger partial charge on any atom is 0.310 e. The van der Waals surface area contributed by atoms with Crippen LogP contribution in [0.25, 0.3) is 0 Å². The number of esters is 1. The molecule has 1 amide bonds. The highest BCUT2D eigenvalue weighted by Crippen LogP contribution is 2.21. The summed E-state index contributed by atoms with van der Waals surface area (Å²) in [7, 11) is 0. The van der Waals surface area contributed by atoms with Gasteiger partial charge in [-0.1, -0.05) is 29.3 Å². The van der Waals surface area contributed by atoms with Gasteiger partial charge in [-0.15, -0.1) is 0 Å². The number of carbonyl (C=O) groups excluding carboxylic acids is 2. The van der Waals surface area contributed by atoms with Gasteiger partial charge in [0.1, 0.15) is 5.76 Å². The molecule has 0 aliphatic heterocycles. The van der Waals surface area contributed by atoms with E-state index in [4.69, 9.17) is 32.4 Å². The highest BCUT2D eigenvalue weighted by molar-refractivity contribution is 6.35. The molecule has 1 aromatic heterocycles. The first-order valence-corrected chi connectivity index (χ1v) is 7.19. The van der Waals surface area contributed by atoms with E-state index < -0.39 is 11.9 Å². The van der Waals surface area contributed by atoms with Gasteiger partial charge >= 0.3 is 5.97 Å². The van der Waals surface area contributed by atoms with E-state index in [-0.39, 0.29) is 19.6 Å². The van der Waals surface area contributed by atoms with Crippen LogP contribution >= 0.6 is 23.2 Å². The van der Waals surface area contributed by atoms with Crippen molar-refractivity contribution >= 4 is 35.1 Å². The molecule has 0 aliphatic carbocycles. The highest BCUT2D eigenvalue weighted by atomic mass is 35.5. The molecule has 2 rings (SSSR count). The lowest BCUT2D eigenvalue weighted by Gasteiger charge is -2.07. The molecule has 0 atom stereocenters. The molecule has 1 N–H and O–H groups in total. The summed E-state index contributed by atoms with van der Waals surface area (Å²) in [5, 5.41) is 3.44. The third kappa shape index (κ3) is 5.09. The summed E-state index contributed by atoms with van der Waals surface area (Å²) in [6.07, 6.45) is 1.48. The van der Waals surface area contributed by atoms with Crippen molar-refractivity contribution in [2.45, 2.75) is 13.0 Å². The van der Waals surface area contributed by atoms with Crippen molar-refractivity contribution < 1.29 is 18.7 Å². The van der Waals surface area contributed by atoms with Gasteiger partial charge in [-0.2, -0.15) is 0 Å². The number of hydrogen-bond donors (Lipinski definition) is 1. The van der Waals surface area contributed by atoms with Crippen LogP contribution in [-0.4, -0.2) is 18.5 Å². The van der Waals surface area contributed by atoms with Crippen LogP contribution in [0.1, 0.15) is 11.3 Å². The third-order valence-electron chi connectivity index (χ3n) is 2.75. The fourth-order valence-corrected chi connectivity index (χ4v) is 2.14. The lowest BCUT2D eigenvalue weighted by molar-refractivity contribution is -0.147. The Balaban J connectivity index is 1.74. The van der Waals surface area contributed by atoms with Crippen LogP contribution in [0.3, 0.4) is 0 Å². The molecule has 0 saturated heterocycles. The second kappa shape index (κ2) is 7.87. The molecule has 7 heteroatoms. The van der Waals surface area contributed by atoms with Gasteiger partial charge in [-0.3, -0.25) is 9.59 Å². The second-order valence-electron chi connectivity index (χ2n) is 4.43. The van der Waals surface area contributed by atoms with Crippen LogP contribution in [0.15, 0.2) is 41.0 Å². The quantitative estimate of drug-likeness (QED) is 0.820. The Morgan fingerprint density at radius 2 is 2.05 bits per heavy atom. The largest absolute Gasteiger partial charge is 0.467 e. The van der Waals surface area contributed by atoms with Crippen LogP contribution in [0.5, 0.6) is 0 Å². The van der Waals surface area contributed by atoms with Crippen molar-refractivity contribution in [1.82, 2.24) is 5.32 Å². The first-order valence-electron chi connectivity index (χ1n) is 6.43. The number of ether oxygens (including phenoxy) is 1. The molecule has 0 unspecified atom stereocenters. The predicted molar refractivity (Wildman–Crippen MR) is 81.7 cm³/mol. The Bertz CT molecular complexity index is 656. The van der Waals surface area contributed by atoms with Gasteiger partial charge in [0.25, 0.3) is 5.91 Å². The van der Waals surface area contributed by atoms with Crippen molar-refractivity contribution in [3.63, 3.8) is 0 Å². The Morgan fingerprint density at radius 3 is 2.73 bits per heavy atom. The average molecular weight is 342 g/mol. The van der Waals surface area contributed by atoms with Crippen molar-refractivity contribution in [3.8, 4) is 0 Å². The zero-order valence-electron chi connectivity index (χ0n) is 11.5. The monoisotopic (exact) mass is 341 g/mol. The highest BCUT2D eigenvalue weighted by Gasteiger charge is 2.11. The summed E-state index contributed by atoms with van der Waals surface area (Å²) in [5.74, 6) is -0.336. The van der Waals surface area contributed by atoms with Crippen LogP contribution in [0.2, 0.25) is 10.0 Å². The Labute approximate surface area is 137 Å². The summed E-state index contributed by atoms with van der Waals surface area (Å²) in [6, 6.07) is 8.27. The summed E-state index contributed by atoms with van der Waals surface area (Å²) < 4.78 is 9.95. The second-order valence-corrected chi connectivity index (χ2v) is 5.27. The van der Waals surface area contributed by atoms with Crippen LogP contribution in [0, 0.1) is 0 Å². The minimum Gasteiger partial charge on any atom is -0.467 e. The number of amides is 1. The molecule has 0 bridgehead atoms. The lowest BCUT2D eigenvalue weighted by atomic mass is 10.1. The number of furan rings is 1. The molecular weight excluding hydrogens is 329 g/mol. The van der Waals surface area contributed by atoms with Gasteiger partial charge in [-0.25, -0.2) is 0 Å². The van der Waals surface area contributed by atoms with Crippen LogP contribution in [0.4, 0.5) is 0 Å². The van der Waals surface area contributed by atoms with E-state index in [9.17, 15) is 9.59 Å². The zero-order valence-corrected chi connectivity index (χ0v) is 13.0. The number of hydrogen-bond acceptors (Lipinski definition) is 4. The maximum atomic E-state index is 11.7. The molecule has 22 heavy (non-hydrogen) atoms. The van der Waals surface area contributed by atoms with Gasteiger partial charge in [0.2, 0.25) is 0 Å². The molecular formula is C15H13Cl2NO4. The smallest absolute Gasteiger partial charge is 0.310 e. The first kappa shape index (κ1) is 16.4. The summed E-state index contributed by atoms with van der Waals surface area (Å²) in [4.78, 5) is 23.2. The van der Waals surface area contributed by atoms with E-state index in [1.165, 1.54) is 6.26 Å². The number of halogens is 2. The number of nitrogens with one attached hydrogen (secondary N) is 1. The van der Waals surface area contributed by atoms with E-state index in [1.54, 1.807) is 30.3 Å². The van der Waals surface area contributed by atoms with Gasteiger partial charge in [0.05, 0.1) is 19.2 Å². The minimum atomic E-state index is -0.544. The fourth-order valence-electron chi connectivity index (χ4n) is 1.67. The number of rotatable bonds is 6. The summed E-state index contributed by atoms with van der Waals surface area (Å²) >= 11 is 11.7. The Hall–Kier alpha value is -1.98. The zero-order chi connectivity index (χ0) is 15.9. The minimum absolute atomic E-state index is 0.0263. The molecule has 5 nitrogen and oxygen atoms in total. The van der Waals surface area contributed by atoms with Crippen molar-refractivity contribution in [1.29, 1.82) is 0 Å². The molecule has 116 valence electrons. The third-order valence-corrected chi connectivity index (χ3v) is 3.34. The summed E-state index contributed by atoms with van der Waals surface area (Å²) in [5.41, 5.74) is 0.590. The molecule has 0 spiro atoms. The van der Waals surface area contributed by atoms with Gasteiger partial charge in [0.15, 0.2) is 6.61 Å². The maximum absolute atomic E-state index is 11.7. The van der Waals surface area contributed by atoms with E-state index in [0.717, 1.165) is 0 Å². The number of benzene rings is 1. The van der Waals surface area contributed by atoms with E-state index in [0.29, 0.717) is 21.4 Å². The Morgan fingerprint density at radius 1 is 1.23 bits per heavy atom. The summed E-state index contributed by atoms with van der Waals surface area (Å²) in [6.45, 7) is -0.114. The molecule has 0 saturated carbocycles. The van der Waals surface area contributed by atoms with Gasteiger partial charge in [-0.05, 0) is 29.8 Å². The topological polar surface area (TPSA) is 68.5 Å². The normalized spacial score (nSPS) is 10.3. The van der Waals surface area contributed by atoms with Crippen molar-refractivity contribution in [2.24, 2.45) is 0 Å². The standard InChI is InChI=1S/C15H13Cl2NO4/c16-11-4-3-10(13(17)7-11)6-15(20)22-9-14(19)18-8-12-2-1-5-21-12/h1-5,7H,6,8-9H2,(H,18,19). The molecule has 2 aromatic rings. The van der Waals surface area contributed by atoms with E-state index in [2.05, 4.69) is 5.32 Å². The molecule has 1 aromatic carbocycles. The van der Waals surface area contributed by atoms with Gasteiger partial charge in [0, 0.05) is 10.0 Å². The molecule has 0 aliphatic rings. The average Bonchev–Trinajstić information content (AvgIpc) is 2.99. The van der Waals surface area contributed by atoms with Gasteiger partial charge < -0.3 is 14.5 Å². The molecule has 1 heterocycles. The van der Waals surface area contributed by atoms with Crippen LogP contribution in [-0.2, 0) is 27.3 Å². The first-order chi connectivity index (χ1) is 10.5. The predicted octanol–water partition coefficient (Wildman–Crippen LogP) is 2.99. The Kier molecular flexibility index (Phi) is 5.86. The molecule has 0 radical (unpaired) electrons. The SMILES string of the molecule is O=C(COC(=O)Cc1ccc(Cl)cc1Cl)NCc1ccco1. The molecule has 0 fully saturated rings. The van der Waals surface area contributed by atoms with Crippen molar-refractivity contribution in [2.75, 3.05) is 6.61 Å².